The van der Waals surface area contributed by atoms with E-state index in [1.165, 1.54) is 32.3 Å². The fourth-order valence-corrected chi connectivity index (χ4v) is 3.14. The van der Waals surface area contributed by atoms with Gasteiger partial charge in [-0.25, -0.2) is 17.1 Å². The molecule has 0 fully saturated rings. The molecule has 26 heavy (non-hydrogen) atoms. The van der Waals surface area contributed by atoms with Gasteiger partial charge in [-0.1, -0.05) is 12.1 Å². The summed E-state index contributed by atoms with van der Waals surface area (Å²) in [5.41, 5.74) is 1.37. The lowest BCUT2D eigenvalue weighted by atomic mass is 10.2. The maximum Gasteiger partial charge on any atom is 0.246 e. The van der Waals surface area contributed by atoms with E-state index in [9.17, 15) is 17.6 Å². The maximum absolute atomic E-state index is 13.6. The van der Waals surface area contributed by atoms with Crippen LogP contribution in [0.5, 0.6) is 0 Å². The molecule has 0 aliphatic rings. The Morgan fingerprint density at radius 1 is 1.12 bits per heavy atom. The summed E-state index contributed by atoms with van der Waals surface area (Å²) in [4.78, 5) is 12.4. The van der Waals surface area contributed by atoms with Crippen LogP contribution in [-0.2, 0) is 14.8 Å². The number of nitrogens with one attached hydrogen (secondary N) is 2. The summed E-state index contributed by atoms with van der Waals surface area (Å²) in [6.45, 7) is 3.29. The first-order valence-corrected chi connectivity index (χ1v) is 9.41. The van der Waals surface area contributed by atoms with Crippen LogP contribution >= 0.6 is 0 Å². The molecule has 1 amide bonds. The smallest absolute Gasteiger partial charge is 0.246 e. The molecule has 0 spiro atoms. The van der Waals surface area contributed by atoms with Crippen molar-refractivity contribution in [3.8, 4) is 0 Å². The molecule has 2 aromatic carbocycles. The van der Waals surface area contributed by atoms with Gasteiger partial charge in [0.1, 0.15) is 11.9 Å². The summed E-state index contributed by atoms with van der Waals surface area (Å²) >= 11 is 0. The standard InChI is InChI=1S/C18H22FN3O3S/c1-12-8-9-15(11-17(12)19)20-13(2)18(23)21-14-6-5-7-16(10-14)26(24,25)22(3)4/h5-11,13,20H,1-4H3,(H,21,23). The monoisotopic (exact) mass is 379 g/mol. The van der Waals surface area contributed by atoms with E-state index in [0.717, 1.165) is 4.31 Å². The third-order valence-electron chi connectivity index (χ3n) is 3.83. The second-order valence-corrected chi connectivity index (χ2v) is 8.29. The molecule has 0 saturated heterocycles. The largest absolute Gasteiger partial charge is 0.374 e. The highest BCUT2D eigenvalue weighted by Gasteiger charge is 2.19. The highest BCUT2D eigenvalue weighted by Crippen LogP contribution is 2.19. The van der Waals surface area contributed by atoms with Gasteiger partial charge in [-0.05, 0) is 49.7 Å². The quantitative estimate of drug-likeness (QED) is 0.809. The lowest BCUT2D eigenvalue weighted by Gasteiger charge is -2.17. The van der Waals surface area contributed by atoms with Gasteiger partial charge in [-0.3, -0.25) is 4.79 Å². The molecule has 0 heterocycles. The number of anilines is 2. The topological polar surface area (TPSA) is 78.5 Å². The van der Waals surface area contributed by atoms with Crippen molar-refractivity contribution in [2.24, 2.45) is 0 Å². The molecule has 2 rings (SSSR count). The summed E-state index contributed by atoms with van der Waals surface area (Å²) in [6, 6.07) is 10.00. The minimum atomic E-state index is -3.59. The maximum atomic E-state index is 13.6. The number of hydrogen-bond donors (Lipinski definition) is 2. The molecule has 0 aliphatic carbocycles. The van der Waals surface area contributed by atoms with Gasteiger partial charge in [0.15, 0.2) is 0 Å². The minimum Gasteiger partial charge on any atom is -0.374 e. The highest BCUT2D eigenvalue weighted by atomic mass is 32.2. The molecule has 0 aromatic heterocycles. The molecule has 6 nitrogen and oxygen atoms in total. The molecule has 2 N–H and O–H groups in total. The van der Waals surface area contributed by atoms with Gasteiger partial charge in [0, 0.05) is 25.5 Å². The van der Waals surface area contributed by atoms with Crippen molar-refractivity contribution in [1.29, 1.82) is 0 Å². The fraction of sp³-hybridized carbons (Fsp3) is 0.278. The molecule has 8 heteroatoms. The number of hydrogen-bond acceptors (Lipinski definition) is 4. The molecule has 0 aliphatic heterocycles. The van der Waals surface area contributed by atoms with Gasteiger partial charge in [0.25, 0.3) is 0 Å². The third kappa shape index (κ3) is 4.59. The van der Waals surface area contributed by atoms with E-state index < -0.39 is 16.1 Å². The number of amides is 1. The number of carbonyl (C=O) groups is 1. The third-order valence-corrected chi connectivity index (χ3v) is 5.64. The Morgan fingerprint density at radius 3 is 2.42 bits per heavy atom. The van der Waals surface area contributed by atoms with Crippen molar-refractivity contribution < 1.29 is 17.6 Å². The molecule has 2 aromatic rings. The van der Waals surface area contributed by atoms with Gasteiger partial charge >= 0.3 is 0 Å². The van der Waals surface area contributed by atoms with Gasteiger partial charge in [0.05, 0.1) is 4.90 Å². The summed E-state index contributed by atoms with van der Waals surface area (Å²) in [5.74, 6) is -0.727. The van der Waals surface area contributed by atoms with Gasteiger partial charge < -0.3 is 10.6 Å². The lowest BCUT2D eigenvalue weighted by molar-refractivity contribution is -0.116. The van der Waals surface area contributed by atoms with E-state index >= 15 is 0 Å². The van der Waals surface area contributed by atoms with Gasteiger partial charge in [-0.15, -0.1) is 0 Å². The average molecular weight is 379 g/mol. The second kappa shape index (κ2) is 7.84. The van der Waals surface area contributed by atoms with Crippen molar-refractivity contribution in [3.05, 3.63) is 53.8 Å². The normalized spacial score (nSPS) is 12.7. The van der Waals surface area contributed by atoms with Crippen molar-refractivity contribution in [1.82, 2.24) is 4.31 Å². The summed E-state index contributed by atoms with van der Waals surface area (Å²) in [6.07, 6.45) is 0. The van der Waals surface area contributed by atoms with E-state index in [1.54, 1.807) is 38.1 Å². The number of rotatable bonds is 6. The zero-order valence-electron chi connectivity index (χ0n) is 15.1. The molecular formula is C18H22FN3O3S. The Balaban J connectivity index is 2.10. The van der Waals surface area contributed by atoms with Crippen molar-refractivity contribution in [2.45, 2.75) is 24.8 Å². The molecule has 1 atom stereocenters. The Morgan fingerprint density at radius 2 is 1.81 bits per heavy atom. The number of benzene rings is 2. The summed E-state index contributed by atoms with van der Waals surface area (Å²) in [7, 11) is -0.713. The summed E-state index contributed by atoms with van der Waals surface area (Å²) in [5, 5.41) is 5.58. The molecular weight excluding hydrogens is 357 g/mol. The summed E-state index contributed by atoms with van der Waals surface area (Å²) < 4.78 is 39.0. The van der Waals surface area contributed by atoms with E-state index in [0.29, 0.717) is 16.9 Å². The van der Waals surface area contributed by atoms with Crippen LogP contribution in [0.2, 0.25) is 0 Å². The Hall–Kier alpha value is -2.45. The van der Waals surface area contributed by atoms with Gasteiger partial charge in [-0.2, -0.15) is 0 Å². The first kappa shape index (κ1) is 19.9. The Labute approximate surface area is 153 Å². The zero-order chi connectivity index (χ0) is 19.5. The Kier molecular flexibility index (Phi) is 5.99. The van der Waals surface area contributed by atoms with Crippen molar-refractivity contribution >= 4 is 27.3 Å². The van der Waals surface area contributed by atoms with Crippen LogP contribution in [0, 0.1) is 12.7 Å². The molecule has 1 unspecified atom stereocenters. The fourth-order valence-electron chi connectivity index (χ4n) is 2.19. The number of nitrogens with zero attached hydrogens (tertiary/aromatic N) is 1. The van der Waals surface area contributed by atoms with E-state index in [2.05, 4.69) is 10.6 Å². The Bertz CT molecular complexity index is 914. The first-order valence-electron chi connectivity index (χ1n) is 7.97. The zero-order valence-corrected chi connectivity index (χ0v) is 15.9. The number of sulfonamides is 1. The van der Waals surface area contributed by atoms with Crippen molar-refractivity contribution in [3.63, 3.8) is 0 Å². The first-order chi connectivity index (χ1) is 12.1. The van der Waals surface area contributed by atoms with Crippen LogP contribution in [0.25, 0.3) is 0 Å². The van der Waals surface area contributed by atoms with Crippen molar-refractivity contribution in [2.75, 3.05) is 24.7 Å². The molecule has 0 radical (unpaired) electrons. The lowest BCUT2D eigenvalue weighted by Crippen LogP contribution is -2.32. The molecule has 0 bridgehead atoms. The number of halogens is 1. The average Bonchev–Trinajstić information content (AvgIpc) is 2.58. The van der Waals surface area contributed by atoms with Crippen LogP contribution in [-0.4, -0.2) is 38.8 Å². The number of aryl methyl sites for hydroxylation is 1. The molecule has 140 valence electrons. The number of carbonyl (C=O) groups excluding carboxylic acids is 1. The molecule has 0 saturated carbocycles. The predicted molar refractivity (Wildman–Crippen MR) is 100 cm³/mol. The highest BCUT2D eigenvalue weighted by molar-refractivity contribution is 7.89. The van der Waals surface area contributed by atoms with Crippen LogP contribution in [0.4, 0.5) is 15.8 Å². The van der Waals surface area contributed by atoms with E-state index in [4.69, 9.17) is 0 Å². The van der Waals surface area contributed by atoms with Crippen LogP contribution in [0.1, 0.15) is 12.5 Å². The van der Waals surface area contributed by atoms with Crippen LogP contribution < -0.4 is 10.6 Å². The van der Waals surface area contributed by atoms with Gasteiger partial charge in [0.2, 0.25) is 15.9 Å². The van der Waals surface area contributed by atoms with Crippen LogP contribution in [0.15, 0.2) is 47.4 Å². The van der Waals surface area contributed by atoms with E-state index in [1.807, 2.05) is 0 Å². The van der Waals surface area contributed by atoms with Crippen LogP contribution in [0.3, 0.4) is 0 Å². The SMILES string of the molecule is Cc1ccc(NC(C)C(=O)Nc2cccc(S(=O)(=O)N(C)C)c2)cc1F. The predicted octanol–water partition coefficient (Wildman–Crippen LogP) is 2.82. The second-order valence-electron chi connectivity index (χ2n) is 6.13. The minimum absolute atomic E-state index is 0.0847. The van der Waals surface area contributed by atoms with E-state index in [-0.39, 0.29) is 16.6 Å².